The molecule has 1 amide bonds. The molecule has 0 saturated heterocycles. The quantitative estimate of drug-likeness (QED) is 0.648. The molecular weight excluding hydrogens is 322 g/mol. The van der Waals surface area contributed by atoms with E-state index in [-0.39, 0.29) is 6.04 Å². The summed E-state index contributed by atoms with van der Waals surface area (Å²) < 4.78 is 2.05. The average molecular weight is 341 g/mol. The van der Waals surface area contributed by atoms with Crippen molar-refractivity contribution in [1.29, 1.82) is 5.26 Å². The number of aromatic nitrogens is 1. The number of nitrogens with zero attached hydrogens (tertiary/aromatic N) is 2. The Morgan fingerprint density at radius 1 is 1.46 bits per heavy atom. The highest BCUT2D eigenvalue weighted by Gasteiger charge is 2.33. The summed E-state index contributed by atoms with van der Waals surface area (Å²) in [6.07, 6.45) is 1.85. The third-order valence-electron chi connectivity index (χ3n) is 4.31. The number of nitrogens with one attached hydrogen (secondary N) is 1. The highest BCUT2D eigenvalue weighted by molar-refractivity contribution is 7.09. The Kier molecular flexibility index (Phi) is 4.54. The van der Waals surface area contributed by atoms with Crippen LogP contribution in [0.15, 0.2) is 23.6 Å². The number of aryl methyl sites for hydroxylation is 1. The van der Waals surface area contributed by atoms with Crippen LogP contribution in [0.4, 0.5) is 0 Å². The summed E-state index contributed by atoms with van der Waals surface area (Å²) in [4.78, 5) is 26.0. The summed E-state index contributed by atoms with van der Waals surface area (Å²) in [5, 5.41) is 14.1. The molecule has 0 bridgehead atoms. The van der Waals surface area contributed by atoms with Crippen LogP contribution < -0.4 is 5.32 Å². The van der Waals surface area contributed by atoms with Gasteiger partial charge in [-0.1, -0.05) is 6.07 Å². The molecule has 2 aromatic rings. The maximum Gasteiger partial charge on any atom is 0.245 e. The van der Waals surface area contributed by atoms with Gasteiger partial charge in [-0.15, -0.1) is 11.3 Å². The molecule has 1 atom stereocenters. The minimum absolute atomic E-state index is 0.132. The lowest BCUT2D eigenvalue weighted by atomic mass is 9.98. The van der Waals surface area contributed by atoms with E-state index in [0.29, 0.717) is 12.1 Å². The number of ketones is 1. The fourth-order valence-corrected chi connectivity index (χ4v) is 3.45. The first-order chi connectivity index (χ1) is 11.5. The predicted octanol–water partition coefficient (Wildman–Crippen LogP) is 2.82. The van der Waals surface area contributed by atoms with E-state index in [1.807, 2.05) is 42.0 Å². The summed E-state index contributed by atoms with van der Waals surface area (Å²) in [6.45, 7) is 4.48. The maximum atomic E-state index is 12.7. The van der Waals surface area contributed by atoms with Crippen LogP contribution in [0, 0.1) is 31.1 Å². The number of rotatable bonds is 6. The number of hydrogen-bond acceptors (Lipinski definition) is 4. The third kappa shape index (κ3) is 3.26. The van der Waals surface area contributed by atoms with Gasteiger partial charge < -0.3 is 9.88 Å². The highest BCUT2D eigenvalue weighted by atomic mass is 32.1. The van der Waals surface area contributed by atoms with Crippen molar-refractivity contribution in [3.05, 3.63) is 45.4 Å². The van der Waals surface area contributed by atoms with Crippen LogP contribution in [-0.2, 0) is 11.3 Å². The molecule has 1 aliphatic carbocycles. The van der Waals surface area contributed by atoms with Crippen LogP contribution in [0.2, 0.25) is 0 Å². The van der Waals surface area contributed by atoms with Gasteiger partial charge >= 0.3 is 0 Å². The lowest BCUT2D eigenvalue weighted by Gasteiger charge is -2.10. The van der Waals surface area contributed by atoms with Crippen molar-refractivity contribution in [2.24, 2.45) is 5.92 Å². The Bertz CT molecular complexity index is 810. The van der Waals surface area contributed by atoms with Crippen LogP contribution in [-0.4, -0.2) is 22.3 Å². The SMILES string of the molecule is Cc1cc(C(=O)[C@H](C#N)C(=O)NC2CC2)c(C)n1Cc1cccs1. The normalized spacial score (nSPS) is 14.9. The fourth-order valence-electron chi connectivity index (χ4n) is 2.76. The van der Waals surface area contributed by atoms with Crippen molar-refractivity contribution in [3.63, 3.8) is 0 Å². The first-order valence-corrected chi connectivity index (χ1v) is 8.82. The molecule has 1 N–H and O–H groups in total. The molecular formula is C18H19N3O2S. The van der Waals surface area contributed by atoms with E-state index in [4.69, 9.17) is 0 Å². The zero-order valence-corrected chi connectivity index (χ0v) is 14.5. The molecule has 3 rings (SSSR count). The largest absolute Gasteiger partial charge is 0.352 e. The molecule has 1 saturated carbocycles. The zero-order valence-electron chi connectivity index (χ0n) is 13.7. The van der Waals surface area contributed by atoms with Crippen molar-refractivity contribution in [3.8, 4) is 6.07 Å². The van der Waals surface area contributed by atoms with Crippen LogP contribution in [0.1, 0.15) is 39.5 Å². The number of hydrogen-bond donors (Lipinski definition) is 1. The van der Waals surface area contributed by atoms with Gasteiger partial charge in [0.2, 0.25) is 5.91 Å². The standard InChI is InChI=1S/C18H19N3O2S/c1-11-8-15(12(2)21(11)10-14-4-3-7-24-14)17(22)16(9-19)18(23)20-13-5-6-13/h3-4,7-8,13,16H,5-6,10H2,1-2H3,(H,20,23)/t16-/m0/s1. The molecule has 124 valence electrons. The van der Waals surface area contributed by atoms with E-state index >= 15 is 0 Å². The second-order valence-corrected chi connectivity index (χ2v) is 7.19. The lowest BCUT2D eigenvalue weighted by molar-refractivity contribution is -0.122. The van der Waals surface area contributed by atoms with Crippen molar-refractivity contribution in [2.75, 3.05) is 0 Å². The Labute approximate surface area is 144 Å². The van der Waals surface area contributed by atoms with E-state index in [2.05, 4.69) is 5.32 Å². The second kappa shape index (κ2) is 6.62. The first-order valence-electron chi connectivity index (χ1n) is 7.94. The number of Topliss-reactive ketones (excluding diaryl/α,β-unsaturated/α-hetero) is 1. The molecule has 6 heteroatoms. The molecule has 1 fully saturated rings. The van der Waals surface area contributed by atoms with E-state index < -0.39 is 17.6 Å². The molecule has 0 aromatic carbocycles. The molecule has 2 aromatic heterocycles. The maximum absolute atomic E-state index is 12.7. The molecule has 1 aliphatic rings. The Morgan fingerprint density at radius 2 is 2.21 bits per heavy atom. The minimum Gasteiger partial charge on any atom is -0.352 e. The number of nitriles is 1. The van der Waals surface area contributed by atoms with Gasteiger partial charge in [-0.25, -0.2) is 0 Å². The van der Waals surface area contributed by atoms with E-state index in [1.54, 1.807) is 17.4 Å². The topological polar surface area (TPSA) is 74.9 Å². The molecule has 5 nitrogen and oxygen atoms in total. The Morgan fingerprint density at radius 3 is 2.79 bits per heavy atom. The van der Waals surface area contributed by atoms with Gasteiger partial charge in [-0.2, -0.15) is 5.26 Å². The van der Waals surface area contributed by atoms with Crippen LogP contribution in [0.5, 0.6) is 0 Å². The van der Waals surface area contributed by atoms with Crippen molar-refractivity contribution in [2.45, 2.75) is 39.3 Å². The molecule has 0 unspecified atom stereocenters. The molecule has 0 spiro atoms. The fraction of sp³-hybridized carbons (Fsp3) is 0.389. The Balaban J connectivity index is 1.84. The smallest absolute Gasteiger partial charge is 0.245 e. The van der Waals surface area contributed by atoms with Crippen molar-refractivity contribution < 1.29 is 9.59 Å². The molecule has 24 heavy (non-hydrogen) atoms. The highest BCUT2D eigenvalue weighted by Crippen LogP contribution is 2.23. The monoisotopic (exact) mass is 341 g/mol. The van der Waals surface area contributed by atoms with Crippen LogP contribution >= 0.6 is 11.3 Å². The number of carbonyl (C=O) groups excluding carboxylic acids is 2. The van der Waals surface area contributed by atoms with Crippen LogP contribution in [0.3, 0.4) is 0 Å². The lowest BCUT2D eigenvalue weighted by Crippen LogP contribution is -2.36. The summed E-state index contributed by atoms with van der Waals surface area (Å²) in [5.41, 5.74) is 2.20. The van der Waals surface area contributed by atoms with Gasteiger partial charge in [-0.3, -0.25) is 9.59 Å². The van der Waals surface area contributed by atoms with Gasteiger partial charge in [0.25, 0.3) is 0 Å². The van der Waals surface area contributed by atoms with E-state index in [0.717, 1.165) is 24.2 Å². The molecule has 2 heterocycles. The summed E-state index contributed by atoms with van der Waals surface area (Å²) in [5.74, 6) is -2.17. The molecule has 0 aliphatic heterocycles. The average Bonchev–Trinajstić information content (AvgIpc) is 3.12. The van der Waals surface area contributed by atoms with Gasteiger partial charge in [0.05, 0.1) is 12.6 Å². The van der Waals surface area contributed by atoms with Gasteiger partial charge in [0, 0.05) is 27.9 Å². The zero-order chi connectivity index (χ0) is 17.3. The first kappa shape index (κ1) is 16.5. The third-order valence-corrected chi connectivity index (χ3v) is 5.17. The van der Waals surface area contributed by atoms with Crippen LogP contribution in [0.25, 0.3) is 0 Å². The summed E-state index contributed by atoms with van der Waals surface area (Å²) in [6, 6.07) is 7.82. The van der Waals surface area contributed by atoms with Gasteiger partial charge in [0.1, 0.15) is 0 Å². The number of carbonyl (C=O) groups is 2. The number of thiophene rings is 1. The number of amides is 1. The van der Waals surface area contributed by atoms with E-state index in [1.165, 1.54) is 4.88 Å². The molecule has 0 radical (unpaired) electrons. The van der Waals surface area contributed by atoms with Crippen molar-refractivity contribution in [1.82, 2.24) is 9.88 Å². The van der Waals surface area contributed by atoms with Crippen molar-refractivity contribution >= 4 is 23.0 Å². The van der Waals surface area contributed by atoms with Gasteiger partial charge in [0.15, 0.2) is 11.7 Å². The predicted molar refractivity (Wildman–Crippen MR) is 91.9 cm³/mol. The van der Waals surface area contributed by atoms with E-state index in [9.17, 15) is 14.9 Å². The van der Waals surface area contributed by atoms with Gasteiger partial charge in [-0.05, 0) is 44.2 Å². The summed E-state index contributed by atoms with van der Waals surface area (Å²) >= 11 is 1.66. The summed E-state index contributed by atoms with van der Waals surface area (Å²) in [7, 11) is 0. The second-order valence-electron chi connectivity index (χ2n) is 6.16. The Hall–Kier alpha value is -2.39. The minimum atomic E-state index is -1.28.